The molecule has 1 amide bonds. The van der Waals surface area contributed by atoms with Crippen LogP contribution < -0.4 is 10.0 Å². The fraction of sp³-hybridized carbons (Fsp3) is 0.296. The average molecular weight is 530 g/mol. The van der Waals surface area contributed by atoms with E-state index in [1.165, 1.54) is 35.4 Å². The molecular formula is C27H29F2N3O4S. The number of sulfonamides is 1. The number of hydrogen-bond acceptors (Lipinski definition) is 6. The lowest BCUT2D eigenvalue weighted by Crippen LogP contribution is -2.20. The number of nitroso groups, excluding NO2 is 1. The van der Waals surface area contributed by atoms with Crippen molar-refractivity contribution in [3.8, 4) is 0 Å². The third kappa shape index (κ3) is 7.99. The number of nitrogens with one attached hydrogen (secondary N) is 2. The quantitative estimate of drug-likeness (QED) is 0.306. The molecule has 10 heteroatoms. The summed E-state index contributed by atoms with van der Waals surface area (Å²) in [4.78, 5) is 22.1. The van der Waals surface area contributed by atoms with Gasteiger partial charge in [-0.15, -0.1) is 0 Å². The first kappa shape index (κ1) is 28.1. The lowest BCUT2D eigenvalue weighted by atomic mass is 10.0. The Morgan fingerprint density at radius 1 is 0.973 bits per heavy atom. The maximum atomic E-state index is 13.2. The van der Waals surface area contributed by atoms with E-state index in [-0.39, 0.29) is 16.9 Å². The van der Waals surface area contributed by atoms with E-state index in [9.17, 15) is 26.9 Å². The lowest BCUT2D eigenvalue weighted by Gasteiger charge is -2.11. The second kappa shape index (κ2) is 12.6. The van der Waals surface area contributed by atoms with Gasteiger partial charge in [0.05, 0.1) is 11.6 Å². The molecule has 0 radical (unpaired) electrons. The Morgan fingerprint density at radius 2 is 1.68 bits per heavy atom. The Kier molecular flexibility index (Phi) is 9.60. The van der Waals surface area contributed by atoms with Crippen LogP contribution in [0.4, 0.5) is 8.78 Å². The van der Waals surface area contributed by atoms with Crippen LogP contribution in [0.5, 0.6) is 0 Å². The van der Waals surface area contributed by atoms with Crippen LogP contribution in [0.15, 0.2) is 70.7 Å². The second-order valence-electron chi connectivity index (χ2n) is 8.81. The highest BCUT2D eigenvalue weighted by atomic mass is 32.2. The number of aryl methyl sites for hydroxylation is 2. The molecule has 1 atom stereocenters. The Bertz CT molecular complexity index is 1360. The molecule has 0 fully saturated rings. The standard InChI is InChI=1S/C19H22F2N2O.C8H7NO3S/c1-2-14-4-3-5-15(8-14)13-22-7-6-19(23-24)11-16-9-17(20)12-18(21)10-16;1-5-2-3-6-7(4-5)13(11,12)9-8(6)10/h3-5,8-10,12,19,22H,2,6-7,11,13H2,1H3;2-4H,1H3,(H,9,10). The molecular weight excluding hydrogens is 500 g/mol. The Labute approximate surface area is 215 Å². The smallest absolute Gasteiger partial charge is 0.266 e. The summed E-state index contributed by atoms with van der Waals surface area (Å²) in [5, 5.41) is 6.36. The Balaban J connectivity index is 0.000000244. The summed E-state index contributed by atoms with van der Waals surface area (Å²) in [6.45, 7) is 5.22. The van der Waals surface area contributed by atoms with E-state index in [0.717, 1.165) is 18.1 Å². The lowest BCUT2D eigenvalue weighted by molar-refractivity contribution is 0.0985. The SMILES string of the molecule is CCc1cccc(CNCCC(Cc2cc(F)cc(F)c2)N=O)c1.Cc1ccc2c(c1)S(=O)(=O)NC2=O. The minimum Gasteiger partial charge on any atom is -0.313 e. The van der Waals surface area contributed by atoms with Gasteiger partial charge in [0.15, 0.2) is 0 Å². The van der Waals surface area contributed by atoms with Crippen LogP contribution >= 0.6 is 0 Å². The number of rotatable bonds is 9. The number of hydrogen-bond donors (Lipinski definition) is 2. The fourth-order valence-electron chi connectivity index (χ4n) is 3.93. The number of nitrogens with zero attached hydrogens (tertiary/aromatic N) is 1. The molecule has 1 unspecified atom stereocenters. The van der Waals surface area contributed by atoms with Crippen molar-refractivity contribution in [3.63, 3.8) is 0 Å². The molecule has 3 aromatic carbocycles. The molecule has 4 rings (SSSR count). The Hall–Kier alpha value is -3.50. The van der Waals surface area contributed by atoms with E-state index >= 15 is 0 Å². The van der Waals surface area contributed by atoms with Gasteiger partial charge in [-0.25, -0.2) is 21.9 Å². The summed E-state index contributed by atoms with van der Waals surface area (Å²) in [6.07, 6.45) is 1.76. The molecule has 196 valence electrons. The van der Waals surface area contributed by atoms with Crippen LogP contribution in [0.25, 0.3) is 0 Å². The summed E-state index contributed by atoms with van der Waals surface area (Å²) in [5.74, 6) is -1.82. The highest BCUT2D eigenvalue weighted by molar-refractivity contribution is 7.90. The third-order valence-electron chi connectivity index (χ3n) is 5.82. The van der Waals surface area contributed by atoms with Crippen molar-refractivity contribution in [1.82, 2.24) is 10.0 Å². The summed E-state index contributed by atoms with van der Waals surface area (Å²) < 4.78 is 50.8. The number of benzene rings is 3. The summed E-state index contributed by atoms with van der Waals surface area (Å²) >= 11 is 0. The van der Waals surface area contributed by atoms with Gasteiger partial charge in [-0.2, -0.15) is 4.91 Å². The van der Waals surface area contributed by atoms with Crippen LogP contribution in [0.2, 0.25) is 0 Å². The van der Waals surface area contributed by atoms with Gasteiger partial charge in [-0.05, 0) is 79.3 Å². The van der Waals surface area contributed by atoms with Crippen molar-refractivity contribution < 1.29 is 22.0 Å². The molecule has 1 heterocycles. The van der Waals surface area contributed by atoms with Crippen molar-refractivity contribution >= 4 is 15.9 Å². The number of fused-ring (bicyclic) bond motifs is 1. The highest BCUT2D eigenvalue weighted by Crippen LogP contribution is 2.23. The molecule has 1 aliphatic rings. The van der Waals surface area contributed by atoms with Crippen molar-refractivity contribution in [2.45, 2.75) is 50.6 Å². The van der Waals surface area contributed by atoms with E-state index in [4.69, 9.17) is 0 Å². The second-order valence-corrected chi connectivity index (χ2v) is 10.5. The first-order valence-electron chi connectivity index (χ1n) is 11.8. The van der Waals surface area contributed by atoms with E-state index in [1.54, 1.807) is 13.0 Å². The zero-order valence-corrected chi connectivity index (χ0v) is 21.4. The van der Waals surface area contributed by atoms with Crippen molar-refractivity contribution in [2.24, 2.45) is 5.18 Å². The molecule has 0 bridgehead atoms. The first-order chi connectivity index (χ1) is 17.6. The predicted octanol–water partition coefficient (Wildman–Crippen LogP) is 4.81. The van der Waals surface area contributed by atoms with Gasteiger partial charge < -0.3 is 5.32 Å². The van der Waals surface area contributed by atoms with Crippen LogP contribution in [-0.4, -0.2) is 26.9 Å². The molecule has 0 aliphatic carbocycles. The van der Waals surface area contributed by atoms with Gasteiger partial charge in [0, 0.05) is 12.6 Å². The van der Waals surface area contributed by atoms with Crippen LogP contribution in [0.3, 0.4) is 0 Å². The molecule has 7 nitrogen and oxygen atoms in total. The van der Waals surface area contributed by atoms with Crippen LogP contribution in [0.1, 0.15) is 46.0 Å². The summed E-state index contributed by atoms with van der Waals surface area (Å²) in [7, 11) is -3.58. The normalized spacial score (nSPS) is 14.2. The maximum absolute atomic E-state index is 13.2. The van der Waals surface area contributed by atoms with Gasteiger partial charge in [-0.3, -0.25) is 4.79 Å². The monoisotopic (exact) mass is 529 g/mol. The first-order valence-corrected chi connectivity index (χ1v) is 13.3. The highest BCUT2D eigenvalue weighted by Gasteiger charge is 2.31. The number of carbonyl (C=O) groups is 1. The molecule has 3 aromatic rings. The molecule has 2 N–H and O–H groups in total. The van der Waals surface area contributed by atoms with Gasteiger partial charge in [-0.1, -0.05) is 42.4 Å². The minimum absolute atomic E-state index is 0.0810. The minimum atomic E-state index is -3.58. The molecule has 0 saturated carbocycles. The predicted molar refractivity (Wildman–Crippen MR) is 138 cm³/mol. The molecule has 1 aliphatic heterocycles. The van der Waals surface area contributed by atoms with E-state index in [1.807, 2.05) is 10.8 Å². The summed E-state index contributed by atoms with van der Waals surface area (Å²) in [5.41, 5.74) is 3.98. The largest absolute Gasteiger partial charge is 0.313 e. The summed E-state index contributed by atoms with van der Waals surface area (Å²) in [6, 6.07) is 15.8. The maximum Gasteiger partial charge on any atom is 0.266 e. The van der Waals surface area contributed by atoms with Gasteiger partial charge in [0.1, 0.15) is 16.5 Å². The molecule has 0 saturated heterocycles. The van der Waals surface area contributed by atoms with E-state index < -0.39 is 33.6 Å². The van der Waals surface area contributed by atoms with Crippen molar-refractivity contribution in [2.75, 3.05) is 6.54 Å². The molecule has 0 aromatic heterocycles. The molecule has 0 spiro atoms. The number of amides is 1. The fourth-order valence-corrected chi connectivity index (χ4v) is 5.18. The van der Waals surface area contributed by atoms with E-state index in [0.29, 0.717) is 25.1 Å². The number of halogens is 2. The average Bonchev–Trinajstić information content (AvgIpc) is 3.08. The zero-order chi connectivity index (χ0) is 27.0. The number of carbonyl (C=O) groups excluding carboxylic acids is 1. The van der Waals surface area contributed by atoms with Crippen LogP contribution in [0, 0.1) is 23.5 Å². The van der Waals surface area contributed by atoms with Gasteiger partial charge in [0.25, 0.3) is 15.9 Å². The van der Waals surface area contributed by atoms with Crippen molar-refractivity contribution in [1.29, 1.82) is 0 Å². The Morgan fingerprint density at radius 3 is 2.35 bits per heavy atom. The van der Waals surface area contributed by atoms with Crippen LogP contribution in [-0.2, 0) is 29.4 Å². The molecule has 37 heavy (non-hydrogen) atoms. The topological polar surface area (TPSA) is 105 Å². The van der Waals surface area contributed by atoms with Gasteiger partial charge >= 0.3 is 0 Å². The van der Waals surface area contributed by atoms with Crippen molar-refractivity contribution in [3.05, 3.63) is 105 Å². The zero-order valence-electron chi connectivity index (χ0n) is 20.6. The van der Waals surface area contributed by atoms with E-state index in [2.05, 4.69) is 35.6 Å². The third-order valence-corrected chi connectivity index (χ3v) is 7.20. The van der Waals surface area contributed by atoms with Gasteiger partial charge in [0.2, 0.25) is 0 Å².